The van der Waals surface area contributed by atoms with Crippen LogP contribution in [0.15, 0.2) is 71.4 Å². The van der Waals surface area contributed by atoms with Gasteiger partial charge in [0.05, 0.1) is 4.90 Å². The molecule has 0 radical (unpaired) electrons. The molecule has 0 aromatic heterocycles. The van der Waals surface area contributed by atoms with Gasteiger partial charge in [-0.3, -0.25) is 9.73 Å². The van der Waals surface area contributed by atoms with Crippen LogP contribution in [-0.2, 0) is 10.0 Å². The molecule has 0 aliphatic carbocycles. The molecular weight excluding hydrogens is 417 g/mol. The predicted octanol–water partition coefficient (Wildman–Crippen LogP) is 2.65. The third kappa shape index (κ3) is 4.94. The zero-order valence-electron chi connectivity index (χ0n) is 16.5. The summed E-state index contributed by atoms with van der Waals surface area (Å²) in [5.74, 6) is -0.130. The molecule has 2 N–H and O–H groups in total. The van der Waals surface area contributed by atoms with Gasteiger partial charge in [0.15, 0.2) is 6.04 Å². The summed E-state index contributed by atoms with van der Waals surface area (Å²) in [4.78, 5) is 1.77. The highest BCUT2D eigenvalue weighted by atomic mass is 32.2. The first kappa shape index (κ1) is 22.1. The Balaban J connectivity index is 2.12. The third-order valence-electron chi connectivity index (χ3n) is 4.57. The predicted molar refractivity (Wildman–Crippen MR) is 108 cm³/mol. The molecule has 0 fully saturated rings. The summed E-state index contributed by atoms with van der Waals surface area (Å²) in [6.07, 6.45) is -4.62. The SMILES string of the molecule is CN(C)CCN1NC(C(F)(F)F)C(c2ccccc2)=C1NS(=O)(=O)c1ccccc1. The van der Waals surface area contributed by atoms with Crippen molar-refractivity contribution in [3.8, 4) is 0 Å². The number of halogens is 3. The zero-order chi connectivity index (χ0) is 21.9. The molecule has 30 heavy (non-hydrogen) atoms. The molecule has 0 bridgehead atoms. The molecule has 1 atom stereocenters. The minimum Gasteiger partial charge on any atom is -0.308 e. The highest BCUT2D eigenvalue weighted by Crippen LogP contribution is 2.38. The summed E-state index contributed by atoms with van der Waals surface area (Å²) >= 11 is 0. The van der Waals surface area contributed by atoms with Crippen LogP contribution < -0.4 is 10.1 Å². The zero-order valence-corrected chi connectivity index (χ0v) is 17.3. The molecular formula is C20H23F3N4O2S. The van der Waals surface area contributed by atoms with E-state index in [1.165, 1.54) is 29.3 Å². The van der Waals surface area contributed by atoms with Crippen LogP contribution in [-0.4, -0.2) is 57.7 Å². The van der Waals surface area contributed by atoms with Crippen molar-refractivity contribution in [1.82, 2.24) is 20.1 Å². The van der Waals surface area contributed by atoms with Gasteiger partial charge in [-0.1, -0.05) is 48.5 Å². The number of hydrogen-bond acceptors (Lipinski definition) is 5. The van der Waals surface area contributed by atoms with Crippen LogP contribution in [0.2, 0.25) is 0 Å². The van der Waals surface area contributed by atoms with Crippen LogP contribution in [0.4, 0.5) is 13.2 Å². The first-order valence-electron chi connectivity index (χ1n) is 9.22. The molecule has 1 unspecified atom stereocenters. The lowest BCUT2D eigenvalue weighted by Gasteiger charge is -2.26. The topological polar surface area (TPSA) is 64.7 Å². The van der Waals surface area contributed by atoms with Crippen molar-refractivity contribution >= 4 is 15.6 Å². The standard InChI is InChI=1S/C20H23F3N4O2S/c1-26(2)13-14-27-19(25-30(28,29)16-11-7-4-8-12-16)17(15-9-5-3-6-10-15)18(24-27)20(21,22)23/h3-12,18,24-25H,13-14H2,1-2H3. The molecule has 0 spiro atoms. The first-order valence-corrected chi connectivity index (χ1v) is 10.7. The fourth-order valence-electron chi connectivity index (χ4n) is 3.10. The van der Waals surface area contributed by atoms with Gasteiger partial charge in [0.2, 0.25) is 0 Å². The third-order valence-corrected chi connectivity index (χ3v) is 5.92. The van der Waals surface area contributed by atoms with Crippen molar-refractivity contribution in [3.63, 3.8) is 0 Å². The molecule has 2 aromatic carbocycles. The Hall–Kier alpha value is -2.56. The largest absolute Gasteiger partial charge is 0.409 e. The minimum atomic E-state index is -4.62. The van der Waals surface area contributed by atoms with E-state index in [1.54, 1.807) is 55.4 Å². The molecule has 1 heterocycles. The smallest absolute Gasteiger partial charge is 0.308 e. The Bertz CT molecular complexity index is 994. The first-order chi connectivity index (χ1) is 14.1. The van der Waals surface area contributed by atoms with Gasteiger partial charge in [0, 0.05) is 18.7 Å². The second kappa shape index (κ2) is 8.66. The number of nitrogens with one attached hydrogen (secondary N) is 2. The van der Waals surface area contributed by atoms with Crippen molar-refractivity contribution in [1.29, 1.82) is 0 Å². The van der Waals surface area contributed by atoms with Crippen molar-refractivity contribution in [2.24, 2.45) is 0 Å². The highest BCUT2D eigenvalue weighted by Gasteiger charge is 2.49. The number of rotatable bonds is 7. The molecule has 10 heteroatoms. The number of nitrogens with zero attached hydrogens (tertiary/aromatic N) is 2. The van der Waals surface area contributed by atoms with Gasteiger partial charge >= 0.3 is 6.18 Å². The number of hydrazine groups is 1. The Labute approximate surface area is 174 Å². The van der Waals surface area contributed by atoms with Crippen LogP contribution >= 0.6 is 0 Å². The maximum absolute atomic E-state index is 13.9. The van der Waals surface area contributed by atoms with E-state index in [1.807, 2.05) is 0 Å². The van der Waals surface area contributed by atoms with Crippen molar-refractivity contribution in [2.45, 2.75) is 17.1 Å². The van der Waals surface area contributed by atoms with Gasteiger partial charge in [0.25, 0.3) is 10.0 Å². The molecule has 0 saturated carbocycles. The fraction of sp³-hybridized carbons (Fsp3) is 0.300. The Kier molecular flexibility index (Phi) is 6.39. The Morgan fingerprint density at radius 3 is 2.13 bits per heavy atom. The van der Waals surface area contributed by atoms with Crippen LogP contribution in [0.3, 0.4) is 0 Å². The summed E-state index contributed by atoms with van der Waals surface area (Å²) in [6.45, 7) is 0.554. The summed E-state index contributed by atoms with van der Waals surface area (Å²) in [7, 11) is -0.526. The molecule has 1 aliphatic rings. The number of hydrogen-bond donors (Lipinski definition) is 2. The van der Waals surface area contributed by atoms with Gasteiger partial charge in [0.1, 0.15) is 5.82 Å². The van der Waals surface area contributed by atoms with E-state index < -0.39 is 22.2 Å². The van der Waals surface area contributed by atoms with Crippen LogP contribution in [0, 0.1) is 0 Å². The molecule has 0 saturated heterocycles. The molecule has 6 nitrogen and oxygen atoms in total. The lowest BCUT2D eigenvalue weighted by Crippen LogP contribution is -2.48. The summed E-state index contributed by atoms with van der Waals surface area (Å²) in [5.41, 5.74) is 2.56. The number of benzene rings is 2. The van der Waals surface area contributed by atoms with E-state index >= 15 is 0 Å². The number of alkyl halides is 3. The van der Waals surface area contributed by atoms with E-state index in [0.29, 0.717) is 6.54 Å². The normalized spacial score (nSPS) is 17.7. The monoisotopic (exact) mass is 440 g/mol. The van der Waals surface area contributed by atoms with Gasteiger partial charge in [-0.15, -0.1) is 0 Å². The number of sulfonamides is 1. The summed E-state index contributed by atoms with van der Waals surface area (Å²) < 4.78 is 69.9. The van der Waals surface area contributed by atoms with E-state index in [-0.39, 0.29) is 28.4 Å². The van der Waals surface area contributed by atoms with E-state index in [0.717, 1.165) is 0 Å². The van der Waals surface area contributed by atoms with Crippen LogP contribution in [0.1, 0.15) is 5.56 Å². The van der Waals surface area contributed by atoms with Crippen LogP contribution in [0.25, 0.3) is 5.57 Å². The summed E-state index contributed by atoms with van der Waals surface area (Å²) in [6, 6.07) is 13.5. The second-order valence-corrected chi connectivity index (χ2v) is 8.79. The molecule has 1 aliphatic heterocycles. The maximum Gasteiger partial charge on any atom is 0.409 e. The highest BCUT2D eigenvalue weighted by molar-refractivity contribution is 7.89. The van der Waals surface area contributed by atoms with Crippen molar-refractivity contribution in [2.75, 3.05) is 27.2 Å². The van der Waals surface area contributed by atoms with Crippen molar-refractivity contribution < 1.29 is 21.6 Å². The average Bonchev–Trinajstić information content (AvgIpc) is 3.06. The maximum atomic E-state index is 13.9. The fourth-order valence-corrected chi connectivity index (χ4v) is 4.21. The van der Waals surface area contributed by atoms with Gasteiger partial charge in [-0.05, 0) is 31.8 Å². The molecule has 162 valence electrons. The van der Waals surface area contributed by atoms with Gasteiger partial charge in [-0.25, -0.2) is 13.8 Å². The van der Waals surface area contributed by atoms with E-state index in [9.17, 15) is 21.6 Å². The second-order valence-electron chi connectivity index (χ2n) is 7.11. The Morgan fingerprint density at radius 1 is 1.03 bits per heavy atom. The Morgan fingerprint density at radius 2 is 1.60 bits per heavy atom. The van der Waals surface area contributed by atoms with Crippen molar-refractivity contribution in [3.05, 3.63) is 72.0 Å². The summed E-state index contributed by atoms with van der Waals surface area (Å²) in [5, 5.41) is 1.22. The van der Waals surface area contributed by atoms with E-state index in [2.05, 4.69) is 10.1 Å². The van der Waals surface area contributed by atoms with Gasteiger partial charge < -0.3 is 4.90 Å². The van der Waals surface area contributed by atoms with Gasteiger partial charge in [-0.2, -0.15) is 13.2 Å². The average molecular weight is 440 g/mol. The molecule has 2 aromatic rings. The number of likely N-dealkylation sites (N-methyl/N-ethyl adjacent to an activating group) is 1. The molecule has 3 rings (SSSR count). The van der Waals surface area contributed by atoms with E-state index in [4.69, 9.17) is 0 Å². The molecule has 0 amide bonds. The lowest BCUT2D eigenvalue weighted by molar-refractivity contribution is -0.147. The van der Waals surface area contributed by atoms with Crippen LogP contribution in [0.5, 0.6) is 0 Å². The lowest BCUT2D eigenvalue weighted by atomic mass is 9.99. The quantitative estimate of drug-likeness (QED) is 0.693. The minimum absolute atomic E-state index is 0.0343.